The number of hydrogen-bond acceptors (Lipinski definition) is 4. The number of carbonyl (C=O) groups is 1. The lowest BCUT2D eigenvalue weighted by molar-refractivity contribution is -0.117. The van der Waals surface area contributed by atoms with Gasteiger partial charge in [-0.25, -0.2) is 4.98 Å². The first-order valence-electron chi connectivity index (χ1n) is 12.2. The average Bonchev–Trinajstić information content (AvgIpc) is 3.44. The number of methoxy groups -OCH3 is 1. The van der Waals surface area contributed by atoms with Gasteiger partial charge in [0.2, 0.25) is 5.91 Å². The zero-order chi connectivity index (χ0) is 24.2. The number of anilines is 1. The summed E-state index contributed by atoms with van der Waals surface area (Å²) in [6.45, 7) is 4.23. The summed E-state index contributed by atoms with van der Waals surface area (Å²) in [6, 6.07) is 24.1. The van der Waals surface area contributed by atoms with E-state index in [0.29, 0.717) is 19.6 Å². The Morgan fingerprint density at radius 3 is 2.60 bits per heavy atom. The van der Waals surface area contributed by atoms with Crippen LogP contribution in [-0.4, -0.2) is 35.7 Å². The first-order valence-corrected chi connectivity index (χ1v) is 12.2. The SMILES string of the molecule is COc1ccc(N2C[C@@H](c3nc4ccccc4n3CCCCOc3cccc(C)c3)CC2=O)cc1. The Kier molecular flexibility index (Phi) is 6.70. The minimum Gasteiger partial charge on any atom is -0.497 e. The smallest absolute Gasteiger partial charge is 0.227 e. The van der Waals surface area contributed by atoms with Crippen LogP contribution in [0.15, 0.2) is 72.8 Å². The number of amides is 1. The van der Waals surface area contributed by atoms with E-state index >= 15 is 0 Å². The zero-order valence-electron chi connectivity index (χ0n) is 20.3. The number of para-hydroxylation sites is 2. The van der Waals surface area contributed by atoms with Gasteiger partial charge in [0.15, 0.2) is 0 Å². The molecule has 0 bridgehead atoms. The fourth-order valence-electron chi connectivity index (χ4n) is 4.80. The molecule has 1 atom stereocenters. The standard InChI is InChI=1S/C29H31N3O3/c1-21-8-7-9-25(18-21)35-17-6-5-16-31-27-11-4-3-10-26(27)30-29(31)22-19-28(33)32(20-22)23-12-14-24(34-2)15-13-23/h3-4,7-15,18,22H,5-6,16-17,19-20H2,1-2H3/t22-/m0/s1. The normalized spacial score (nSPS) is 15.7. The van der Waals surface area contributed by atoms with Gasteiger partial charge in [0.1, 0.15) is 17.3 Å². The Labute approximate surface area is 206 Å². The second-order valence-electron chi connectivity index (χ2n) is 9.09. The molecule has 1 saturated heterocycles. The maximum Gasteiger partial charge on any atom is 0.227 e. The van der Waals surface area contributed by atoms with Gasteiger partial charge in [-0.15, -0.1) is 0 Å². The summed E-state index contributed by atoms with van der Waals surface area (Å²) >= 11 is 0. The molecule has 1 amide bonds. The first kappa shape index (κ1) is 23.0. The molecule has 0 N–H and O–H groups in total. The molecule has 0 aliphatic carbocycles. The fraction of sp³-hybridized carbons (Fsp3) is 0.310. The molecule has 1 aliphatic heterocycles. The Bertz CT molecular complexity index is 1310. The molecule has 1 aromatic heterocycles. The molecule has 0 radical (unpaired) electrons. The molecule has 5 rings (SSSR count). The van der Waals surface area contributed by atoms with Crippen molar-refractivity contribution in [1.82, 2.24) is 9.55 Å². The molecule has 1 aliphatic rings. The molecule has 180 valence electrons. The predicted molar refractivity (Wildman–Crippen MR) is 138 cm³/mol. The van der Waals surface area contributed by atoms with Crippen molar-refractivity contribution < 1.29 is 14.3 Å². The fourth-order valence-corrected chi connectivity index (χ4v) is 4.80. The summed E-state index contributed by atoms with van der Waals surface area (Å²) in [4.78, 5) is 19.8. The summed E-state index contributed by atoms with van der Waals surface area (Å²) in [6.07, 6.45) is 2.38. The predicted octanol–water partition coefficient (Wildman–Crippen LogP) is 5.73. The number of fused-ring (bicyclic) bond motifs is 1. The maximum atomic E-state index is 12.9. The molecular weight excluding hydrogens is 438 g/mol. The minimum absolute atomic E-state index is 0.0561. The van der Waals surface area contributed by atoms with E-state index in [1.807, 2.05) is 53.4 Å². The van der Waals surface area contributed by atoms with Crippen molar-refractivity contribution in [3.8, 4) is 11.5 Å². The molecule has 0 saturated carbocycles. The summed E-state index contributed by atoms with van der Waals surface area (Å²) in [5, 5.41) is 0. The summed E-state index contributed by atoms with van der Waals surface area (Å²) in [5.74, 6) is 2.88. The van der Waals surface area contributed by atoms with Crippen LogP contribution in [-0.2, 0) is 11.3 Å². The van der Waals surface area contributed by atoms with Gasteiger partial charge in [0.05, 0.1) is 24.8 Å². The molecule has 6 nitrogen and oxygen atoms in total. The number of aryl methyl sites for hydroxylation is 2. The van der Waals surface area contributed by atoms with Crippen LogP contribution in [0.5, 0.6) is 11.5 Å². The van der Waals surface area contributed by atoms with Crippen molar-refractivity contribution in [2.75, 3.05) is 25.2 Å². The van der Waals surface area contributed by atoms with Gasteiger partial charge in [-0.3, -0.25) is 4.79 Å². The highest BCUT2D eigenvalue weighted by Gasteiger charge is 2.34. The van der Waals surface area contributed by atoms with E-state index in [4.69, 9.17) is 14.5 Å². The molecule has 3 aromatic carbocycles. The third-order valence-corrected chi connectivity index (χ3v) is 6.59. The molecular formula is C29H31N3O3. The third kappa shape index (κ3) is 5.02. The molecule has 1 fully saturated rings. The number of imidazole rings is 1. The third-order valence-electron chi connectivity index (χ3n) is 6.59. The number of aromatic nitrogens is 2. The molecule has 0 spiro atoms. The van der Waals surface area contributed by atoms with Crippen molar-refractivity contribution in [1.29, 1.82) is 0 Å². The highest BCUT2D eigenvalue weighted by molar-refractivity contribution is 5.96. The molecule has 35 heavy (non-hydrogen) atoms. The van der Waals surface area contributed by atoms with Crippen molar-refractivity contribution in [3.63, 3.8) is 0 Å². The number of benzene rings is 3. The maximum absolute atomic E-state index is 12.9. The van der Waals surface area contributed by atoms with Crippen LogP contribution in [0.4, 0.5) is 5.69 Å². The van der Waals surface area contributed by atoms with Crippen LogP contribution >= 0.6 is 0 Å². The monoisotopic (exact) mass is 469 g/mol. The van der Waals surface area contributed by atoms with E-state index in [1.165, 1.54) is 5.56 Å². The second kappa shape index (κ2) is 10.2. The van der Waals surface area contributed by atoms with Gasteiger partial charge >= 0.3 is 0 Å². The Morgan fingerprint density at radius 1 is 0.971 bits per heavy atom. The van der Waals surface area contributed by atoms with Gasteiger partial charge in [0, 0.05) is 31.1 Å². The van der Waals surface area contributed by atoms with Crippen molar-refractivity contribution in [2.24, 2.45) is 0 Å². The van der Waals surface area contributed by atoms with E-state index in [1.54, 1.807) is 7.11 Å². The average molecular weight is 470 g/mol. The van der Waals surface area contributed by atoms with E-state index in [9.17, 15) is 4.79 Å². The van der Waals surface area contributed by atoms with Crippen molar-refractivity contribution in [3.05, 3.63) is 84.2 Å². The van der Waals surface area contributed by atoms with Gasteiger partial charge in [-0.2, -0.15) is 0 Å². The molecule has 4 aromatic rings. The lowest BCUT2D eigenvalue weighted by Crippen LogP contribution is -2.24. The van der Waals surface area contributed by atoms with Crippen LogP contribution in [0.1, 0.15) is 36.6 Å². The van der Waals surface area contributed by atoms with Crippen LogP contribution in [0, 0.1) is 6.92 Å². The Morgan fingerprint density at radius 2 is 1.80 bits per heavy atom. The summed E-state index contributed by atoms with van der Waals surface area (Å²) < 4.78 is 13.5. The Balaban J connectivity index is 1.29. The number of nitrogens with zero attached hydrogens (tertiary/aromatic N) is 3. The number of unbranched alkanes of at least 4 members (excludes halogenated alkanes) is 1. The number of hydrogen-bond donors (Lipinski definition) is 0. The summed E-state index contributed by atoms with van der Waals surface area (Å²) in [5.41, 5.74) is 4.20. The van der Waals surface area contributed by atoms with Crippen molar-refractivity contribution >= 4 is 22.6 Å². The van der Waals surface area contributed by atoms with Gasteiger partial charge in [0.25, 0.3) is 0 Å². The highest BCUT2D eigenvalue weighted by atomic mass is 16.5. The quantitative estimate of drug-likeness (QED) is 0.294. The van der Waals surface area contributed by atoms with E-state index in [-0.39, 0.29) is 11.8 Å². The van der Waals surface area contributed by atoms with E-state index < -0.39 is 0 Å². The largest absolute Gasteiger partial charge is 0.497 e. The van der Waals surface area contributed by atoms with Crippen LogP contribution in [0.3, 0.4) is 0 Å². The molecule has 6 heteroatoms. The second-order valence-corrected chi connectivity index (χ2v) is 9.09. The van der Waals surface area contributed by atoms with Gasteiger partial charge in [-0.1, -0.05) is 24.3 Å². The molecule has 0 unspecified atom stereocenters. The van der Waals surface area contributed by atoms with Gasteiger partial charge in [-0.05, 0) is 73.9 Å². The Hall–Kier alpha value is -3.80. The van der Waals surface area contributed by atoms with E-state index in [0.717, 1.165) is 53.4 Å². The van der Waals surface area contributed by atoms with E-state index in [2.05, 4.69) is 35.8 Å². The lowest BCUT2D eigenvalue weighted by atomic mass is 10.1. The topological polar surface area (TPSA) is 56.6 Å². The lowest BCUT2D eigenvalue weighted by Gasteiger charge is -2.18. The van der Waals surface area contributed by atoms with Crippen LogP contribution in [0.25, 0.3) is 11.0 Å². The molecule has 2 heterocycles. The van der Waals surface area contributed by atoms with Crippen molar-refractivity contribution in [2.45, 2.75) is 38.6 Å². The highest BCUT2D eigenvalue weighted by Crippen LogP contribution is 2.34. The van der Waals surface area contributed by atoms with Crippen LogP contribution < -0.4 is 14.4 Å². The number of carbonyl (C=O) groups excluding carboxylic acids is 1. The first-order chi connectivity index (χ1) is 17.1. The number of ether oxygens (including phenoxy) is 2. The van der Waals surface area contributed by atoms with Crippen LogP contribution in [0.2, 0.25) is 0 Å². The van der Waals surface area contributed by atoms with Gasteiger partial charge < -0.3 is 18.9 Å². The number of rotatable bonds is 9. The minimum atomic E-state index is 0.0561. The zero-order valence-corrected chi connectivity index (χ0v) is 20.3. The summed E-state index contributed by atoms with van der Waals surface area (Å²) in [7, 11) is 1.64.